The Kier molecular flexibility index (Phi) is 10.8. The van der Waals surface area contributed by atoms with Crippen LogP contribution in [0.5, 0.6) is 0 Å². The second kappa shape index (κ2) is 15.6. The first-order chi connectivity index (χ1) is 28.7. The minimum absolute atomic E-state index is 0.124. The Labute approximate surface area is 357 Å². The maximum absolute atomic E-state index is 12.3. The molecule has 0 N–H and O–H groups in total. The minimum atomic E-state index is -0.464. The van der Waals surface area contributed by atoms with Gasteiger partial charge in [0.15, 0.2) is 0 Å². The summed E-state index contributed by atoms with van der Waals surface area (Å²) in [5.74, 6) is 1.81. The number of aromatic nitrogens is 6. The first kappa shape index (κ1) is 42.2. The number of fused-ring (bicyclic) bond motifs is 3. The summed E-state index contributed by atoms with van der Waals surface area (Å²) in [6.45, 7) is 13.6. The van der Waals surface area contributed by atoms with E-state index in [1.165, 1.54) is 0 Å². The first-order valence-electron chi connectivity index (χ1n) is 20.1. The number of likely N-dealkylation sites (N-methyl/N-ethyl adjacent to an activating group) is 3. The molecule has 3 amide bonds. The molecule has 6 heterocycles. The summed E-state index contributed by atoms with van der Waals surface area (Å²) < 4.78 is 0. The topological polar surface area (TPSA) is 142 Å². The van der Waals surface area contributed by atoms with Gasteiger partial charge in [-0.1, -0.05) is 36.4 Å². The normalized spacial score (nSPS) is 16.3. The highest BCUT2D eigenvalue weighted by Crippen LogP contribution is 2.44. The first-order valence-corrected chi connectivity index (χ1v) is 20.1. The molecule has 13 nitrogen and oxygen atoms in total. The number of hydrogen-bond donors (Lipinski definition) is 0. The summed E-state index contributed by atoms with van der Waals surface area (Å²) in [6, 6.07) is 22.0. The van der Waals surface area contributed by atoms with Crippen LogP contribution in [0.15, 0.2) is 97.7 Å². The van der Waals surface area contributed by atoms with Gasteiger partial charge in [0.05, 0.1) is 21.9 Å². The number of carbonyl (C=O) groups excluding carboxylic acids is 3. The second-order valence-electron chi connectivity index (χ2n) is 17.5. The van der Waals surface area contributed by atoms with E-state index in [-0.39, 0.29) is 17.7 Å². The summed E-state index contributed by atoms with van der Waals surface area (Å²) in [6.07, 6.45) is 8.89. The van der Waals surface area contributed by atoms with Crippen molar-refractivity contribution >= 4 is 40.7 Å². The van der Waals surface area contributed by atoms with Crippen molar-refractivity contribution in [1.82, 2.24) is 30.1 Å². The number of nitrogens with zero attached hydrogens (tertiary/aromatic N) is 10. The molecule has 6 aromatic rings. The number of hydrogen-bond acceptors (Lipinski definition) is 10. The minimum Gasteiger partial charge on any atom is -0.347 e. The number of benzene rings is 3. The van der Waals surface area contributed by atoms with Gasteiger partial charge in [-0.15, -0.1) is 0 Å². The maximum Gasteiger partial charge on any atom is 0.236 e. The standard InChI is InChI=1S/C17H20N4O.C16H17N3O.C15H15N3O/c1-17(2)13-7-6-11(8-14(13)21(5)15(17)22)12-9-18-16(19-10-12)20(3)4;1-10-17-8-12(9-18-10)11-5-6-13-14(7-11)19(4)15(20)16(13,2)3;1-15(2)11-7-6-10(12-5-4-8-16-17-12)9-13(11)18(3)14(15)19/h6-10H,1-5H3;5-9H,1-4H3;4-9H,1-3H3. The Morgan fingerprint density at radius 1 is 0.508 bits per heavy atom. The monoisotopic (exact) mass is 816 g/mol. The van der Waals surface area contributed by atoms with Crippen molar-refractivity contribution in [2.75, 3.05) is 54.8 Å². The number of aryl methyl sites for hydroxylation is 1. The molecule has 0 aliphatic carbocycles. The molecule has 61 heavy (non-hydrogen) atoms. The van der Waals surface area contributed by atoms with Crippen molar-refractivity contribution in [1.29, 1.82) is 0 Å². The van der Waals surface area contributed by atoms with Crippen LogP contribution in [0.1, 0.15) is 64.1 Å². The zero-order valence-electron chi connectivity index (χ0n) is 36.9. The van der Waals surface area contributed by atoms with E-state index in [0.717, 1.165) is 73.1 Å². The van der Waals surface area contributed by atoms with Gasteiger partial charge >= 0.3 is 0 Å². The molecule has 0 unspecified atom stereocenters. The van der Waals surface area contributed by atoms with Crippen LogP contribution >= 0.6 is 0 Å². The molecule has 3 aliphatic heterocycles. The highest BCUT2D eigenvalue weighted by molar-refractivity contribution is 6.09. The quantitative estimate of drug-likeness (QED) is 0.175. The summed E-state index contributed by atoms with van der Waals surface area (Å²) in [7, 11) is 9.28. The second-order valence-corrected chi connectivity index (χ2v) is 17.5. The lowest BCUT2D eigenvalue weighted by atomic mass is 9.85. The van der Waals surface area contributed by atoms with Gasteiger partial charge in [0, 0.05) is 100.0 Å². The van der Waals surface area contributed by atoms with Crippen LogP contribution in [0, 0.1) is 6.92 Å². The molecule has 0 bridgehead atoms. The van der Waals surface area contributed by atoms with Crippen molar-refractivity contribution < 1.29 is 14.4 Å². The third-order valence-corrected chi connectivity index (χ3v) is 12.0. The number of amides is 3. The highest BCUT2D eigenvalue weighted by atomic mass is 16.2. The van der Waals surface area contributed by atoms with Crippen molar-refractivity contribution in [3.05, 3.63) is 120 Å². The van der Waals surface area contributed by atoms with Gasteiger partial charge in [-0.2, -0.15) is 10.2 Å². The lowest BCUT2D eigenvalue weighted by Gasteiger charge is -2.16. The fourth-order valence-electron chi connectivity index (χ4n) is 8.16. The molecule has 312 valence electrons. The van der Waals surface area contributed by atoms with Crippen LogP contribution in [0.3, 0.4) is 0 Å². The molecule has 0 saturated heterocycles. The third-order valence-electron chi connectivity index (χ3n) is 12.0. The molecule has 13 heteroatoms. The van der Waals surface area contributed by atoms with Crippen molar-refractivity contribution in [3.63, 3.8) is 0 Å². The van der Waals surface area contributed by atoms with Gasteiger partial charge in [-0.25, -0.2) is 19.9 Å². The Balaban J connectivity index is 0.000000138. The number of carbonyl (C=O) groups is 3. The molecule has 0 spiro atoms. The molecular formula is C48H52N10O3. The zero-order chi connectivity index (χ0) is 44.2. The van der Waals surface area contributed by atoms with Crippen LogP contribution < -0.4 is 19.6 Å². The van der Waals surface area contributed by atoms with Crippen LogP contribution in [-0.4, -0.2) is 83.1 Å². The molecule has 3 aromatic carbocycles. The van der Waals surface area contributed by atoms with E-state index in [2.05, 4.69) is 30.1 Å². The highest BCUT2D eigenvalue weighted by Gasteiger charge is 2.44. The molecule has 0 saturated carbocycles. The van der Waals surface area contributed by atoms with Crippen LogP contribution in [0.25, 0.3) is 33.5 Å². The SMILES string of the molecule is CN(C)c1ncc(-c2ccc3c(c2)N(C)C(=O)C3(C)C)cn1.CN1C(=O)C(C)(C)c2ccc(-c3cccnn3)cc21.Cc1ncc(-c2ccc3c(c2)N(C)C(=O)C3(C)C)cn1. The van der Waals surface area contributed by atoms with Crippen LogP contribution in [0.4, 0.5) is 23.0 Å². The van der Waals surface area contributed by atoms with E-state index in [9.17, 15) is 14.4 Å². The van der Waals surface area contributed by atoms with Gasteiger partial charge in [0.1, 0.15) is 5.82 Å². The van der Waals surface area contributed by atoms with Gasteiger partial charge in [0.25, 0.3) is 0 Å². The fraction of sp³-hybridized carbons (Fsp3) is 0.312. The average Bonchev–Trinajstić information content (AvgIpc) is 3.64. The zero-order valence-corrected chi connectivity index (χ0v) is 36.9. The molecule has 9 rings (SSSR count). The molecule has 0 fully saturated rings. The molecule has 0 atom stereocenters. The van der Waals surface area contributed by atoms with Crippen molar-refractivity contribution in [2.24, 2.45) is 0 Å². The number of rotatable bonds is 4. The predicted octanol–water partition coefficient (Wildman–Crippen LogP) is 7.57. The van der Waals surface area contributed by atoms with E-state index in [0.29, 0.717) is 5.95 Å². The Bertz CT molecular complexity index is 2660. The van der Waals surface area contributed by atoms with Gasteiger partial charge in [-0.05, 0) is 107 Å². The van der Waals surface area contributed by atoms with Gasteiger partial charge in [-0.3, -0.25) is 14.4 Å². The lowest BCUT2D eigenvalue weighted by Crippen LogP contribution is -2.33. The summed E-state index contributed by atoms with van der Waals surface area (Å²) >= 11 is 0. The molecular weight excluding hydrogens is 765 g/mol. The molecule has 0 radical (unpaired) electrons. The average molecular weight is 817 g/mol. The fourth-order valence-corrected chi connectivity index (χ4v) is 8.16. The van der Waals surface area contributed by atoms with E-state index in [4.69, 9.17) is 0 Å². The van der Waals surface area contributed by atoms with Crippen molar-refractivity contribution in [3.8, 4) is 33.5 Å². The Morgan fingerprint density at radius 3 is 1.26 bits per heavy atom. The lowest BCUT2D eigenvalue weighted by molar-refractivity contribution is -0.122. The van der Waals surface area contributed by atoms with E-state index in [1.54, 1.807) is 20.9 Å². The van der Waals surface area contributed by atoms with Crippen LogP contribution in [0.2, 0.25) is 0 Å². The summed E-state index contributed by atoms with van der Waals surface area (Å²) in [5, 5.41) is 7.99. The van der Waals surface area contributed by atoms with Gasteiger partial charge < -0.3 is 19.6 Å². The summed E-state index contributed by atoms with van der Waals surface area (Å²) in [5.41, 5.74) is 10.5. The molecule has 3 aromatic heterocycles. The maximum atomic E-state index is 12.3. The summed E-state index contributed by atoms with van der Waals surface area (Å²) in [4.78, 5) is 61.0. The predicted molar refractivity (Wildman–Crippen MR) is 241 cm³/mol. The van der Waals surface area contributed by atoms with Crippen LogP contribution in [-0.2, 0) is 30.6 Å². The van der Waals surface area contributed by atoms with E-state index in [1.807, 2.05) is 180 Å². The number of anilines is 4. The largest absolute Gasteiger partial charge is 0.347 e. The van der Waals surface area contributed by atoms with E-state index < -0.39 is 16.2 Å². The van der Waals surface area contributed by atoms with E-state index >= 15 is 0 Å². The van der Waals surface area contributed by atoms with Crippen molar-refractivity contribution in [2.45, 2.75) is 64.7 Å². The molecule has 3 aliphatic rings. The smallest absolute Gasteiger partial charge is 0.236 e. The van der Waals surface area contributed by atoms with Gasteiger partial charge in [0.2, 0.25) is 23.7 Å². The Hall–Kier alpha value is -6.89. The Morgan fingerprint density at radius 2 is 0.885 bits per heavy atom. The third kappa shape index (κ3) is 7.49.